The number of anilines is 1. The van der Waals surface area contributed by atoms with E-state index in [2.05, 4.69) is 15.3 Å². The molecule has 4 heteroatoms. The van der Waals surface area contributed by atoms with Crippen LogP contribution in [0.15, 0.2) is 36.8 Å². The zero-order valence-corrected chi connectivity index (χ0v) is 9.51. The smallest absolute Gasteiger partial charge is 0.140 e. The second-order valence-corrected chi connectivity index (χ2v) is 3.70. The lowest BCUT2D eigenvalue weighted by molar-refractivity contribution is 1.08. The molecular weight excluding hydrogens is 212 g/mol. The Labute approximate surface area is 100.0 Å². The van der Waals surface area contributed by atoms with E-state index in [9.17, 15) is 0 Å². The van der Waals surface area contributed by atoms with Gasteiger partial charge in [-0.1, -0.05) is 0 Å². The van der Waals surface area contributed by atoms with Gasteiger partial charge < -0.3 is 5.32 Å². The predicted molar refractivity (Wildman–Crippen MR) is 65.3 cm³/mol. The maximum Gasteiger partial charge on any atom is 0.140 e. The highest BCUT2D eigenvalue weighted by Crippen LogP contribution is 2.10. The van der Waals surface area contributed by atoms with E-state index < -0.39 is 0 Å². The van der Waals surface area contributed by atoms with Crippen LogP contribution in [-0.2, 0) is 6.54 Å². The Morgan fingerprint density at radius 3 is 2.82 bits per heavy atom. The molecule has 0 aliphatic heterocycles. The maximum atomic E-state index is 8.63. The zero-order valence-electron chi connectivity index (χ0n) is 9.51. The third kappa shape index (κ3) is 2.79. The van der Waals surface area contributed by atoms with Gasteiger partial charge in [-0.3, -0.25) is 4.98 Å². The lowest BCUT2D eigenvalue weighted by atomic mass is 10.1. The van der Waals surface area contributed by atoms with Gasteiger partial charge in [0.15, 0.2) is 0 Å². The lowest BCUT2D eigenvalue weighted by Gasteiger charge is -2.07. The normalized spacial score (nSPS) is 9.65. The molecule has 0 unspecified atom stereocenters. The van der Waals surface area contributed by atoms with Crippen molar-refractivity contribution < 1.29 is 0 Å². The molecule has 0 saturated heterocycles. The van der Waals surface area contributed by atoms with Crippen LogP contribution < -0.4 is 5.32 Å². The predicted octanol–water partition coefficient (Wildman–Crippen LogP) is 2.27. The number of pyridine rings is 2. The standard InChI is InChI=1S/C13H12N4/c1-10-7-15-5-4-11(10)8-16-13-3-2-12(6-14)17-9-13/h2-5,7,9,16H,8H2,1H3. The first-order valence-corrected chi connectivity index (χ1v) is 5.29. The highest BCUT2D eigenvalue weighted by atomic mass is 14.9. The van der Waals surface area contributed by atoms with Crippen LogP contribution in [0, 0.1) is 18.3 Å². The molecule has 84 valence electrons. The fraction of sp³-hybridized carbons (Fsp3) is 0.154. The van der Waals surface area contributed by atoms with E-state index >= 15 is 0 Å². The van der Waals surface area contributed by atoms with E-state index in [1.165, 1.54) is 5.56 Å². The summed E-state index contributed by atoms with van der Waals surface area (Å²) in [5, 5.41) is 11.9. The van der Waals surface area contributed by atoms with Crippen LogP contribution in [-0.4, -0.2) is 9.97 Å². The van der Waals surface area contributed by atoms with E-state index in [4.69, 9.17) is 5.26 Å². The SMILES string of the molecule is Cc1cnccc1CNc1ccc(C#N)nc1. The van der Waals surface area contributed by atoms with Crippen LogP contribution >= 0.6 is 0 Å². The van der Waals surface area contributed by atoms with Crippen LogP contribution in [0.5, 0.6) is 0 Å². The van der Waals surface area contributed by atoms with Gasteiger partial charge >= 0.3 is 0 Å². The summed E-state index contributed by atoms with van der Waals surface area (Å²) in [7, 11) is 0. The van der Waals surface area contributed by atoms with Crippen LogP contribution in [0.2, 0.25) is 0 Å². The monoisotopic (exact) mass is 224 g/mol. The molecule has 0 radical (unpaired) electrons. The van der Waals surface area contributed by atoms with Gasteiger partial charge in [0.25, 0.3) is 0 Å². The van der Waals surface area contributed by atoms with Crippen molar-refractivity contribution in [2.45, 2.75) is 13.5 Å². The summed E-state index contributed by atoms with van der Waals surface area (Å²) in [6.45, 7) is 2.75. The summed E-state index contributed by atoms with van der Waals surface area (Å²) >= 11 is 0. The number of rotatable bonds is 3. The highest BCUT2D eigenvalue weighted by molar-refractivity contribution is 5.43. The number of aromatic nitrogens is 2. The van der Waals surface area contributed by atoms with Gasteiger partial charge in [0.05, 0.1) is 11.9 Å². The summed E-state index contributed by atoms with van der Waals surface area (Å²) in [4.78, 5) is 8.04. The van der Waals surface area contributed by atoms with Gasteiger partial charge in [-0.15, -0.1) is 0 Å². The van der Waals surface area contributed by atoms with Crippen molar-refractivity contribution in [1.29, 1.82) is 5.26 Å². The molecule has 0 spiro atoms. The van der Waals surface area contributed by atoms with E-state index in [-0.39, 0.29) is 0 Å². The molecule has 2 aromatic rings. The van der Waals surface area contributed by atoms with Gasteiger partial charge in [-0.2, -0.15) is 5.26 Å². The first kappa shape index (κ1) is 11.1. The first-order chi connectivity index (χ1) is 8.29. The Hall–Kier alpha value is -2.41. The molecule has 2 aromatic heterocycles. The van der Waals surface area contributed by atoms with E-state index in [1.54, 1.807) is 18.5 Å². The third-order valence-corrected chi connectivity index (χ3v) is 2.50. The number of nitrogens with zero attached hydrogens (tertiary/aromatic N) is 3. The van der Waals surface area contributed by atoms with Gasteiger partial charge in [0.1, 0.15) is 11.8 Å². The van der Waals surface area contributed by atoms with Crippen LogP contribution in [0.25, 0.3) is 0 Å². The molecule has 0 aromatic carbocycles. The van der Waals surface area contributed by atoms with Gasteiger partial charge in [0.2, 0.25) is 0 Å². The Kier molecular flexibility index (Phi) is 3.31. The molecule has 1 N–H and O–H groups in total. The summed E-state index contributed by atoms with van der Waals surface area (Å²) in [5.74, 6) is 0. The quantitative estimate of drug-likeness (QED) is 0.868. The molecule has 0 amide bonds. The molecule has 4 nitrogen and oxygen atoms in total. The molecule has 0 bridgehead atoms. The van der Waals surface area contributed by atoms with Crippen molar-refractivity contribution in [3.8, 4) is 6.07 Å². The van der Waals surface area contributed by atoms with E-state index in [1.807, 2.05) is 31.3 Å². The average Bonchev–Trinajstić information content (AvgIpc) is 2.38. The van der Waals surface area contributed by atoms with E-state index in [0.29, 0.717) is 5.69 Å². The van der Waals surface area contributed by atoms with Crippen molar-refractivity contribution in [2.75, 3.05) is 5.32 Å². The summed E-state index contributed by atoms with van der Waals surface area (Å²) in [6.07, 6.45) is 5.28. The van der Waals surface area contributed by atoms with E-state index in [0.717, 1.165) is 17.8 Å². The molecule has 0 atom stereocenters. The minimum absolute atomic E-state index is 0.427. The van der Waals surface area contributed by atoms with Crippen molar-refractivity contribution in [3.63, 3.8) is 0 Å². The average molecular weight is 224 g/mol. The number of nitrogens with one attached hydrogen (secondary N) is 1. The molecule has 0 aliphatic carbocycles. The fourth-order valence-electron chi connectivity index (χ4n) is 1.46. The Morgan fingerprint density at radius 1 is 1.29 bits per heavy atom. The van der Waals surface area contributed by atoms with Crippen LogP contribution in [0.3, 0.4) is 0 Å². The lowest BCUT2D eigenvalue weighted by Crippen LogP contribution is -2.02. The summed E-state index contributed by atoms with van der Waals surface area (Å²) < 4.78 is 0. The maximum absolute atomic E-state index is 8.63. The topological polar surface area (TPSA) is 61.6 Å². The fourth-order valence-corrected chi connectivity index (χ4v) is 1.46. The molecule has 2 rings (SSSR count). The van der Waals surface area contributed by atoms with Gasteiger partial charge in [0, 0.05) is 18.9 Å². The van der Waals surface area contributed by atoms with Crippen molar-refractivity contribution in [3.05, 3.63) is 53.6 Å². The molecule has 0 fully saturated rings. The number of aryl methyl sites for hydroxylation is 1. The third-order valence-electron chi connectivity index (χ3n) is 2.50. The van der Waals surface area contributed by atoms with Crippen molar-refractivity contribution in [2.24, 2.45) is 0 Å². The highest BCUT2D eigenvalue weighted by Gasteiger charge is 1.98. The van der Waals surface area contributed by atoms with Crippen molar-refractivity contribution in [1.82, 2.24) is 9.97 Å². The molecule has 0 aliphatic rings. The minimum Gasteiger partial charge on any atom is -0.380 e. The first-order valence-electron chi connectivity index (χ1n) is 5.29. The molecular formula is C13H12N4. The number of hydrogen-bond acceptors (Lipinski definition) is 4. The minimum atomic E-state index is 0.427. The Balaban J connectivity index is 2.03. The zero-order chi connectivity index (χ0) is 12.1. The van der Waals surface area contributed by atoms with Crippen LogP contribution in [0.4, 0.5) is 5.69 Å². The van der Waals surface area contributed by atoms with Crippen LogP contribution in [0.1, 0.15) is 16.8 Å². The van der Waals surface area contributed by atoms with Gasteiger partial charge in [-0.05, 0) is 36.2 Å². The number of hydrogen-bond donors (Lipinski definition) is 1. The second-order valence-electron chi connectivity index (χ2n) is 3.70. The van der Waals surface area contributed by atoms with Gasteiger partial charge in [-0.25, -0.2) is 4.98 Å². The second kappa shape index (κ2) is 5.08. The number of nitriles is 1. The summed E-state index contributed by atoms with van der Waals surface area (Å²) in [5.41, 5.74) is 3.68. The Morgan fingerprint density at radius 2 is 2.18 bits per heavy atom. The molecule has 0 saturated carbocycles. The summed E-state index contributed by atoms with van der Waals surface area (Å²) in [6, 6.07) is 7.52. The molecule has 17 heavy (non-hydrogen) atoms. The van der Waals surface area contributed by atoms with Crippen molar-refractivity contribution >= 4 is 5.69 Å². The largest absolute Gasteiger partial charge is 0.380 e. The Bertz CT molecular complexity index is 540. The molecule has 2 heterocycles.